The molecule has 1 atom stereocenters. The number of carboxylic acid groups (broad SMARTS) is 1. The first-order valence-electron chi connectivity index (χ1n) is 6.56. The van der Waals surface area contributed by atoms with E-state index in [1.54, 1.807) is 0 Å². The lowest BCUT2D eigenvalue weighted by Gasteiger charge is -2.17. The predicted octanol–water partition coefficient (Wildman–Crippen LogP) is 2.87. The largest absolute Gasteiger partial charge is 0.478 e. The van der Waals surface area contributed by atoms with Crippen LogP contribution in [0.4, 0.5) is 14.5 Å². The molecule has 6 heteroatoms. The van der Waals surface area contributed by atoms with Gasteiger partial charge in [-0.15, -0.1) is 0 Å². The van der Waals surface area contributed by atoms with Gasteiger partial charge in [0.05, 0.1) is 5.56 Å². The molecule has 20 heavy (non-hydrogen) atoms. The van der Waals surface area contributed by atoms with Crippen molar-refractivity contribution in [3.63, 3.8) is 0 Å². The fourth-order valence-corrected chi connectivity index (χ4v) is 2.05. The average molecular weight is 287 g/mol. The monoisotopic (exact) mass is 287 g/mol. The minimum atomic E-state index is -1.38. The molecule has 4 nitrogen and oxygen atoms in total. The molecule has 1 aromatic rings. The Morgan fingerprint density at radius 1 is 1.30 bits per heavy atom. The first-order chi connectivity index (χ1) is 9.49. The molecular formula is C14H19F2NO3. The number of hydrogen-bond acceptors (Lipinski definition) is 3. The molecule has 0 aliphatic rings. The third-order valence-electron chi connectivity index (χ3n) is 3.09. The summed E-state index contributed by atoms with van der Waals surface area (Å²) in [6.45, 7) is 2.34. The van der Waals surface area contributed by atoms with Gasteiger partial charge in [0.2, 0.25) is 0 Å². The molecule has 0 saturated heterocycles. The van der Waals surface area contributed by atoms with Crippen molar-refractivity contribution in [2.24, 2.45) is 5.92 Å². The van der Waals surface area contributed by atoms with E-state index in [0.29, 0.717) is 13.0 Å². The number of anilines is 1. The molecule has 0 spiro atoms. The summed E-state index contributed by atoms with van der Waals surface area (Å²) in [6, 6.07) is 1.57. The standard InChI is InChI=1S/C14H19F2NO3/c1-2-3-9(4-5-18)8-17-13-11(15)6-10(14(19)20)7-12(13)16/h6-7,9,17-18H,2-5,8H2,1H3,(H,19,20). The lowest BCUT2D eigenvalue weighted by Crippen LogP contribution is -2.17. The zero-order valence-corrected chi connectivity index (χ0v) is 11.3. The molecule has 0 amide bonds. The van der Waals surface area contributed by atoms with Crippen LogP contribution in [0.2, 0.25) is 0 Å². The first-order valence-corrected chi connectivity index (χ1v) is 6.56. The summed E-state index contributed by atoms with van der Waals surface area (Å²) in [5, 5.41) is 20.3. The summed E-state index contributed by atoms with van der Waals surface area (Å²) < 4.78 is 27.4. The lowest BCUT2D eigenvalue weighted by molar-refractivity contribution is 0.0696. The van der Waals surface area contributed by atoms with E-state index in [-0.39, 0.29) is 18.2 Å². The quantitative estimate of drug-likeness (QED) is 0.687. The maximum absolute atomic E-state index is 13.7. The van der Waals surface area contributed by atoms with Gasteiger partial charge in [-0.25, -0.2) is 13.6 Å². The van der Waals surface area contributed by atoms with Crippen molar-refractivity contribution < 1.29 is 23.8 Å². The maximum atomic E-state index is 13.7. The third-order valence-corrected chi connectivity index (χ3v) is 3.09. The molecule has 1 aromatic carbocycles. The normalized spacial score (nSPS) is 12.2. The zero-order valence-electron chi connectivity index (χ0n) is 11.3. The van der Waals surface area contributed by atoms with Crippen LogP contribution >= 0.6 is 0 Å². The van der Waals surface area contributed by atoms with Crippen LogP contribution < -0.4 is 5.32 Å². The minimum Gasteiger partial charge on any atom is -0.478 e. The molecule has 1 unspecified atom stereocenters. The highest BCUT2D eigenvalue weighted by Crippen LogP contribution is 2.22. The van der Waals surface area contributed by atoms with E-state index in [0.717, 1.165) is 25.0 Å². The highest BCUT2D eigenvalue weighted by molar-refractivity contribution is 5.88. The first kappa shape index (κ1) is 16.4. The maximum Gasteiger partial charge on any atom is 0.335 e. The topological polar surface area (TPSA) is 69.6 Å². The van der Waals surface area contributed by atoms with Crippen LogP contribution in [-0.4, -0.2) is 29.3 Å². The Morgan fingerprint density at radius 2 is 1.90 bits per heavy atom. The fraction of sp³-hybridized carbons (Fsp3) is 0.500. The highest BCUT2D eigenvalue weighted by Gasteiger charge is 2.16. The molecule has 112 valence electrons. The minimum absolute atomic E-state index is 0.0231. The SMILES string of the molecule is CCCC(CCO)CNc1c(F)cc(C(=O)O)cc1F. The van der Waals surface area contributed by atoms with Crippen LogP contribution in [0.25, 0.3) is 0 Å². The molecule has 0 aliphatic heterocycles. The second-order valence-corrected chi connectivity index (χ2v) is 4.67. The van der Waals surface area contributed by atoms with Crippen molar-refractivity contribution in [2.45, 2.75) is 26.2 Å². The number of carboxylic acids is 1. The van der Waals surface area contributed by atoms with Gasteiger partial charge in [-0.05, 0) is 30.9 Å². The van der Waals surface area contributed by atoms with Gasteiger partial charge in [0.15, 0.2) is 0 Å². The van der Waals surface area contributed by atoms with E-state index in [2.05, 4.69) is 5.32 Å². The summed E-state index contributed by atoms with van der Waals surface area (Å²) in [5.74, 6) is -3.12. The van der Waals surface area contributed by atoms with Crippen LogP contribution in [0.15, 0.2) is 12.1 Å². The Bertz CT molecular complexity index is 437. The van der Waals surface area contributed by atoms with Crippen LogP contribution in [0.5, 0.6) is 0 Å². The molecule has 0 heterocycles. The summed E-state index contributed by atoms with van der Waals surface area (Å²) in [7, 11) is 0. The molecule has 0 aromatic heterocycles. The van der Waals surface area contributed by atoms with E-state index in [1.165, 1.54) is 0 Å². The Kier molecular flexibility index (Phi) is 6.38. The molecule has 0 aliphatic carbocycles. The van der Waals surface area contributed by atoms with E-state index in [9.17, 15) is 13.6 Å². The van der Waals surface area contributed by atoms with Crippen LogP contribution in [0, 0.1) is 17.6 Å². The van der Waals surface area contributed by atoms with Crippen molar-refractivity contribution >= 4 is 11.7 Å². The number of hydrogen-bond donors (Lipinski definition) is 3. The summed E-state index contributed by atoms with van der Waals surface area (Å²) >= 11 is 0. The van der Waals surface area contributed by atoms with Gasteiger partial charge in [0.25, 0.3) is 0 Å². The molecule has 1 rings (SSSR count). The van der Waals surface area contributed by atoms with Gasteiger partial charge in [0.1, 0.15) is 17.3 Å². The molecule has 3 N–H and O–H groups in total. The van der Waals surface area contributed by atoms with Gasteiger partial charge in [-0.1, -0.05) is 13.3 Å². The van der Waals surface area contributed by atoms with Gasteiger partial charge >= 0.3 is 5.97 Å². The number of carbonyl (C=O) groups is 1. The molecule has 0 saturated carbocycles. The number of aliphatic hydroxyl groups is 1. The smallest absolute Gasteiger partial charge is 0.335 e. The Balaban J connectivity index is 2.79. The zero-order chi connectivity index (χ0) is 15.1. The second-order valence-electron chi connectivity index (χ2n) is 4.67. The average Bonchev–Trinajstić information content (AvgIpc) is 2.37. The number of rotatable bonds is 8. The number of halogens is 2. The summed E-state index contributed by atoms with van der Waals surface area (Å²) in [6.07, 6.45) is 2.30. The summed E-state index contributed by atoms with van der Waals surface area (Å²) in [5.41, 5.74) is -0.750. The lowest BCUT2D eigenvalue weighted by atomic mass is 10.00. The van der Waals surface area contributed by atoms with Crippen molar-refractivity contribution in [1.82, 2.24) is 0 Å². The van der Waals surface area contributed by atoms with Crippen molar-refractivity contribution in [3.05, 3.63) is 29.3 Å². The van der Waals surface area contributed by atoms with Gasteiger partial charge < -0.3 is 15.5 Å². The molecular weight excluding hydrogens is 268 g/mol. The highest BCUT2D eigenvalue weighted by atomic mass is 19.1. The summed E-state index contributed by atoms with van der Waals surface area (Å²) in [4.78, 5) is 10.7. The van der Waals surface area contributed by atoms with Crippen LogP contribution in [-0.2, 0) is 0 Å². The van der Waals surface area contributed by atoms with Crippen molar-refractivity contribution in [3.8, 4) is 0 Å². The second kappa shape index (κ2) is 7.79. The predicted molar refractivity (Wildman–Crippen MR) is 71.9 cm³/mol. The van der Waals surface area contributed by atoms with Gasteiger partial charge in [-0.2, -0.15) is 0 Å². The number of aliphatic hydroxyl groups excluding tert-OH is 1. The third kappa shape index (κ3) is 4.45. The Labute approximate surface area is 116 Å². The molecule has 0 radical (unpaired) electrons. The number of nitrogens with one attached hydrogen (secondary N) is 1. The number of benzene rings is 1. The number of aromatic carboxylic acids is 1. The van der Waals surface area contributed by atoms with Crippen molar-refractivity contribution in [2.75, 3.05) is 18.5 Å². The van der Waals surface area contributed by atoms with Crippen LogP contribution in [0.3, 0.4) is 0 Å². The Morgan fingerprint density at radius 3 is 2.35 bits per heavy atom. The van der Waals surface area contributed by atoms with E-state index in [1.807, 2.05) is 6.92 Å². The van der Waals surface area contributed by atoms with Crippen molar-refractivity contribution in [1.29, 1.82) is 0 Å². The van der Waals surface area contributed by atoms with Gasteiger partial charge in [0, 0.05) is 13.2 Å². The van der Waals surface area contributed by atoms with Crippen LogP contribution in [0.1, 0.15) is 36.5 Å². The Hall–Kier alpha value is -1.69. The molecule has 0 fully saturated rings. The molecule has 0 bridgehead atoms. The van der Waals surface area contributed by atoms with E-state index < -0.39 is 23.2 Å². The fourth-order valence-electron chi connectivity index (χ4n) is 2.05. The van der Waals surface area contributed by atoms with E-state index >= 15 is 0 Å². The van der Waals surface area contributed by atoms with Gasteiger partial charge in [-0.3, -0.25) is 0 Å². The van der Waals surface area contributed by atoms with E-state index in [4.69, 9.17) is 10.2 Å².